The highest BCUT2D eigenvalue weighted by Gasteiger charge is 2.23. The number of aliphatic hydroxyl groups excluding tert-OH is 1. The van der Waals surface area contributed by atoms with Crippen LogP contribution in [0, 0.1) is 0 Å². The molecule has 1 aromatic carbocycles. The van der Waals surface area contributed by atoms with Crippen molar-refractivity contribution in [3.8, 4) is 5.69 Å². The van der Waals surface area contributed by atoms with Gasteiger partial charge in [0.15, 0.2) is 0 Å². The molecule has 0 fully saturated rings. The van der Waals surface area contributed by atoms with Crippen LogP contribution in [-0.2, 0) is 5.41 Å². The molecule has 0 spiro atoms. The molecule has 0 radical (unpaired) electrons. The number of hydrogen-bond acceptors (Lipinski definition) is 3. The highest BCUT2D eigenvalue weighted by atomic mass is 16.3. The fraction of sp³-hybridized carbons (Fsp3) is 0.438. The Morgan fingerprint density at radius 1 is 1.25 bits per heavy atom. The SMILES string of the molecule is CC(C)(C)c1cc(C(CN)CO)n(-c2ccccc2)n1. The molecule has 3 N–H and O–H groups in total. The van der Waals surface area contributed by atoms with E-state index in [-0.39, 0.29) is 17.9 Å². The van der Waals surface area contributed by atoms with Crippen LogP contribution in [0.4, 0.5) is 0 Å². The summed E-state index contributed by atoms with van der Waals surface area (Å²) in [6.07, 6.45) is 0. The van der Waals surface area contributed by atoms with Gasteiger partial charge in [0.2, 0.25) is 0 Å². The summed E-state index contributed by atoms with van der Waals surface area (Å²) in [5.41, 5.74) is 8.70. The first-order valence-corrected chi connectivity index (χ1v) is 6.94. The van der Waals surface area contributed by atoms with Gasteiger partial charge in [0.05, 0.1) is 23.7 Å². The minimum atomic E-state index is -0.0983. The van der Waals surface area contributed by atoms with E-state index in [0.29, 0.717) is 6.54 Å². The number of rotatable bonds is 4. The maximum absolute atomic E-state index is 9.54. The maximum Gasteiger partial charge on any atom is 0.0685 e. The van der Waals surface area contributed by atoms with Crippen molar-refractivity contribution in [3.63, 3.8) is 0 Å². The summed E-state index contributed by atoms with van der Waals surface area (Å²) >= 11 is 0. The van der Waals surface area contributed by atoms with Crippen LogP contribution in [0.15, 0.2) is 36.4 Å². The van der Waals surface area contributed by atoms with E-state index in [1.807, 2.05) is 35.0 Å². The Morgan fingerprint density at radius 2 is 1.90 bits per heavy atom. The van der Waals surface area contributed by atoms with Gasteiger partial charge >= 0.3 is 0 Å². The van der Waals surface area contributed by atoms with E-state index in [9.17, 15) is 5.11 Å². The Hall–Kier alpha value is -1.65. The lowest BCUT2D eigenvalue weighted by Crippen LogP contribution is -2.19. The molecule has 0 aliphatic rings. The molecule has 20 heavy (non-hydrogen) atoms. The molecular weight excluding hydrogens is 250 g/mol. The second-order valence-corrected chi connectivity index (χ2v) is 6.07. The van der Waals surface area contributed by atoms with Crippen LogP contribution in [0.3, 0.4) is 0 Å². The van der Waals surface area contributed by atoms with E-state index in [1.54, 1.807) is 0 Å². The highest BCUT2D eigenvalue weighted by Crippen LogP contribution is 2.27. The molecule has 1 aromatic heterocycles. The monoisotopic (exact) mass is 273 g/mol. The third kappa shape index (κ3) is 2.92. The molecule has 1 atom stereocenters. The van der Waals surface area contributed by atoms with Gasteiger partial charge in [-0.1, -0.05) is 39.0 Å². The summed E-state index contributed by atoms with van der Waals surface area (Å²) in [4.78, 5) is 0. The molecule has 0 aliphatic carbocycles. The number of aliphatic hydroxyl groups is 1. The third-order valence-electron chi connectivity index (χ3n) is 3.43. The van der Waals surface area contributed by atoms with Crippen molar-refractivity contribution in [1.29, 1.82) is 0 Å². The van der Waals surface area contributed by atoms with E-state index in [0.717, 1.165) is 17.1 Å². The molecule has 0 saturated carbocycles. The smallest absolute Gasteiger partial charge is 0.0685 e. The summed E-state index contributed by atoms with van der Waals surface area (Å²) in [5.74, 6) is -0.0983. The molecule has 108 valence electrons. The average Bonchev–Trinajstić information content (AvgIpc) is 2.86. The van der Waals surface area contributed by atoms with Crippen LogP contribution in [0.1, 0.15) is 38.1 Å². The van der Waals surface area contributed by atoms with Crippen LogP contribution in [-0.4, -0.2) is 28.0 Å². The van der Waals surface area contributed by atoms with Gasteiger partial charge in [-0.3, -0.25) is 0 Å². The number of hydrogen-bond donors (Lipinski definition) is 2. The van der Waals surface area contributed by atoms with E-state index < -0.39 is 0 Å². The van der Waals surface area contributed by atoms with Crippen LogP contribution in [0.2, 0.25) is 0 Å². The second kappa shape index (κ2) is 5.77. The number of nitrogens with zero attached hydrogens (tertiary/aromatic N) is 2. The summed E-state index contributed by atoms with van der Waals surface area (Å²) in [5, 5.41) is 14.3. The zero-order valence-electron chi connectivity index (χ0n) is 12.4. The molecule has 0 aliphatic heterocycles. The van der Waals surface area contributed by atoms with Gasteiger partial charge in [-0.05, 0) is 18.2 Å². The van der Waals surface area contributed by atoms with Gasteiger partial charge in [-0.15, -0.1) is 0 Å². The molecule has 0 bridgehead atoms. The zero-order valence-corrected chi connectivity index (χ0v) is 12.4. The maximum atomic E-state index is 9.54. The molecule has 0 saturated heterocycles. The molecule has 2 aromatic rings. The summed E-state index contributed by atoms with van der Waals surface area (Å²) in [6.45, 7) is 6.82. The Morgan fingerprint density at radius 3 is 2.40 bits per heavy atom. The van der Waals surface area contributed by atoms with Gasteiger partial charge in [0, 0.05) is 17.9 Å². The largest absolute Gasteiger partial charge is 0.396 e. The minimum absolute atomic E-state index is 0.0264. The van der Waals surface area contributed by atoms with Crippen LogP contribution in [0.25, 0.3) is 5.69 Å². The predicted molar refractivity (Wildman–Crippen MR) is 81.1 cm³/mol. The van der Waals surface area contributed by atoms with Crippen LogP contribution in [0.5, 0.6) is 0 Å². The summed E-state index contributed by atoms with van der Waals surface area (Å²) in [6, 6.07) is 12.0. The summed E-state index contributed by atoms with van der Waals surface area (Å²) in [7, 11) is 0. The first kappa shape index (κ1) is 14.8. The van der Waals surface area contributed by atoms with Gasteiger partial charge in [-0.25, -0.2) is 4.68 Å². The van der Waals surface area contributed by atoms with Crippen molar-refractivity contribution in [2.75, 3.05) is 13.2 Å². The molecule has 0 amide bonds. The zero-order chi connectivity index (χ0) is 14.8. The third-order valence-corrected chi connectivity index (χ3v) is 3.43. The van der Waals surface area contributed by atoms with Crippen LogP contribution < -0.4 is 5.73 Å². The molecule has 1 heterocycles. The second-order valence-electron chi connectivity index (χ2n) is 6.07. The lowest BCUT2D eigenvalue weighted by atomic mass is 9.91. The Bertz CT molecular complexity index is 551. The van der Waals surface area contributed by atoms with Crippen molar-refractivity contribution in [2.45, 2.75) is 32.1 Å². The van der Waals surface area contributed by atoms with Crippen molar-refractivity contribution in [1.82, 2.24) is 9.78 Å². The summed E-state index contributed by atoms with van der Waals surface area (Å²) < 4.78 is 1.90. The van der Waals surface area contributed by atoms with Gasteiger partial charge in [0.1, 0.15) is 0 Å². The number of para-hydroxylation sites is 1. The molecule has 4 heteroatoms. The van der Waals surface area contributed by atoms with E-state index >= 15 is 0 Å². The standard InChI is InChI=1S/C16H23N3O/c1-16(2,3)15-9-14(12(10-17)11-20)19(18-15)13-7-5-4-6-8-13/h4-9,12,20H,10-11,17H2,1-3H3. The van der Waals surface area contributed by atoms with E-state index in [2.05, 4.69) is 26.8 Å². The number of benzene rings is 1. The highest BCUT2D eigenvalue weighted by molar-refractivity contribution is 5.35. The van der Waals surface area contributed by atoms with Gasteiger partial charge in [-0.2, -0.15) is 5.10 Å². The van der Waals surface area contributed by atoms with Crippen molar-refractivity contribution in [2.24, 2.45) is 5.73 Å². The number of aromatic nitrogens is 2. The Labute approximate surface area is 120 Å². The van der Waals surface area contributed by atoms with Gasteiger partial charge < -0.3 is 10.8 Å². The lowest BCUT2D eigenvalue weighted by Gasteiger charge is -2.14. The predicted octanol–water partition coefficient (Wildman–Crippen LogP) is 2.20. The fourth-order valence-electron chi connectivity index (χ4n) is 2.12. The quantitative estimate of drug-likeness (QED) is 0.897. The topological polar surface area (TPSA) is 64.1 Å². The van der Waals surface area contributed by atoms with Crippen LogP contribution >= 0.6 is 0 Å². The molecule has 1 unspecified atom stereocenters. The van der Waals surface area contributed by atoms with Crippen molar-refractivity contribution < 1.29 is 5.11 Å². The fourth-order valence-corrected chi connectivity index (χ4v) is 2.12. The molecular formula is C16H23N3O. The average molecular weight is 273 g/mol. The lowest BCUT2D eigenvalue weighted by molar-refractivity contribution is 0.264. The molecule has 4 nitrogen and oxygen atoms in total. The van der Waals surface area contributed by atoms with Crippen molar-refractivity contribution in [3.05, 3.63) is 47.8 Å². The van der Waals surface area contributed by atoms with E-state index in [1.165, 1.54) is 0 Å². The number of nitrogens with two attached hydrogens (primary N) is 1. The Kier molecular flexibility index (Phi) is 4.26. The normalized spacial score (nSPS) is 13.4. The first-order valence-electron chi connectivity index (χ1n) is 6.94. The van der Waals surface area contributed by atoms with Crippen molar-refractivity contribution >= 4 is 0 Å². The van der Waals surface area contributed by atoms with Gasteiger partial charge in [0.25, 0.3) is 0 Å². The molecule has 2 rings (SSSR count). The van der Waals surface area contributed by atoms with E-state index in [4.69, 9.17) is 10.8 Å². The first-order chi connectivity index (χ1) is 9.47. The minimum Gasteiger partial charge on any atom is -0.396 e. The Balaban J connectivity index is 2.56.